The number of halogens is 1. The molecule has 3 heteroatoms. The zero-order chi connectivity index (χ0) is 13.1. The van der Waals surface area contributed by atoms with Gasteiger partial charge in [0.1, 0.15) is 5.75 Å². The van der Waals surface area contributed by atoms with Gasteiger partial charge in [-0.05, 0) is 67.3 Å². The molecule has 19 heavy (non-hydrogen) atoms. The third-order valence-electron chi connectivity index (χ3n) is 2.90. The fourth-order valence-corrected chi connectivity index (χ4v) is 1.95. The van der Waals surface area contributed by atoms with Gasteiger partial charge >= 0.3 is 0 Å². The number of nitrogens with zero attached hydrogens (tertiary/aromatic N) is 1. The van der Waals surface area contributed by atoms with Crippen molar-refractivity contribution in [2.24, 2.45) is 0 Å². The van der Waals surface area contributed by atoms with E-state index in [1.54, 1.807) is 0 Å². The van der Waals surface area contributed by atoms with Crippen LogP contribution in [0.2, 0.25) is 0 Å². The van der Waals surface area contributed by atoms with E-state index in [0.717, 1.165) is 27.9 Å². The molecule has 2 rings (SSSR count). The van der Waals surface area contributed by atoms with Crippen LogP contribution in [0, 0.1) is 20.8 Å². The van der Waals surface area contributed by atoms with Gasteiger partial charge in [-0.2, -0.15) is 0 Å². The number of rotatable bonds is 2. The highest BCUT2D eigenvalue weighted by Crippen LogP contribution is 2.23. The van der Waals surface area contributed by atoms with E-state index >= 15 is 0 Å². The van der Waals surface area contributed by atoms with Crippen LogP contribution in [0.25, 0.3) is 12.2 Å². The number of phenols is 1. The summed E-state index contributed by atoms with van der Waals surface area (Å²) in [4.78, 5) is 4.17. The van der Waals surface area contributed by atoms with Crippen molar-refractivity contribution in [2.75, 3.05) is 0 Å². The molecule has 0 aliphatic rings. The quantitative estimate of drug-likeness (QED) is 0.793. The second-order valence-corrected chi connectivity index (χ2v) is 4.57. The summed E-state index contributed by atoms with van der Waals surface area (Å²) in [6.07, 6.45) is 5.91. The van der Waals surface area contributed by atoms with Crippen LogP contribution in [0.5, 0.6) is 5.75 Å². The summed E-state index contributed by atoms with van der Waals surface area (Å²) in [6, 6.07) is 7.97. The minimum absolute atomic E-state index is 0. The zero-order valence-corrected chi connectivity index (χ0v) is 13.7. The van der Waals surface area contributed by atoms with Crippen LogP contribution in [-0.4, -0.2) is 10.1 Å². The smallest absolute Gasteiger partial charge is 0.121 e. The highest BCUT2D eigenvalue weighted by molar-refractivity contribution is 14.0. The van der Waals surface area contributed by atoms with Crippen molar-refractivity contribution in [1.29, 1.82) is 0 Å². The summed E-state index contributed by atoms with van der Waals surface area (Å²) >= 11 is 0. The maximum absolute atomic E-state index is 9.72. The van der Waals surface area contributed by atoms with Crippen LogP contribution in [0.4, 0.5) is 0 Å². The molecule has 1 N–H and O–H groups in total. The molecule has 0 amide bonds. The van der Waals surface area contributed by atoms with Gasteiger partial charge in [0.15, 0.2) is 0 Å². The van der Waals surface area contributed by atoms with Crippen molar-refractivity contribution in [2.45, 2.75) is 20.8 Å². The maximum atomic E-state index is 9.72. The van der Waals surface area contributed by atoms with E-state index in [1.165, 1.54) is 0 Å². The highest BCUT2D eigenvalue weighted by Gasteiger charge is 2.01. The van der Waals surface area contributed by atoms with Gasteiger partial charge in [0.05, 0.1) is 0 Å². The van der Waals surface area contributed by atoms with Gasteiger partial charge < -0.3 is 5.11 Å². The summed E-state index contributed by atoms with van der Waals surface area (Å²) in [5.74, 6) is 0.381. The second kappa shape index (κ2) is 6.70. The molecule has 0 spiro atoms. The lowest BCUT2D eigenvalue weighted by molar-refractivity contribution is 0.467. The number of aromatic hydroxyl groups is 1. The summed E-state index contributed by atoms with van der Waals surface area (Å²) < 4.78 is 0. The molecule has 0 bridgehead atoms. The van der Waals surface area contributed by atoms with Gasteiger partial charge in [-0.15, -0.1) is 24.0 Å². The third kappa shape index (κ3) is 4.06. The highest BCUT2D eigenvalue weighted by atomic mass is 127. The van der Waals surface area contributed by atoms with Gasteiger partial charge in [-0.3, -0.25) is 4.98 Å². The number of hydrogen-bond acceptors (Lipinski definition) is 2. The predicted molar refractivity (Wildman–Crippen MR) is 90.9 cm³/mol. The average Bonchev–Trinajstić information content (AvgIpc) is 2.33. The standard InChI is InChI=1S/C16H17NO.HI/c1-11-8-15(9-12(2)16(11)18)5-4-14-6-7-17-13(3)10-14;/h4-10,18H,1-3H3;1H. The summed E-state index contributed by atoms with van der Waals surface area (Å²) in [5, 5.41) is 9.72. The Morgan fingerprint density at radius 2 is 1.53 bits per heavy atom. The first-order chi connectivity index (χ1) is 8.56. The summed E-state index contributed by atoms with van der Waals surface area (Å²) in [5.41, 5.74) is 5.04. The van der Waals surface area contributed by atoms with Crippen molar-refractivity contribution >= 4 is 36.1 Å². The van der Waals surface area contributed by atoms with Crippen molar-refractivity contribution in [3.63, 3.8) is 0 Å². The lowest BCUT2D eigenvalue weighted by atomic mass is 10.0. The first kappa shape index (κ1) is 15.7. The summed E-state index contributed by atoms with van der Waals surface area (Å²) in [6.45, 7) is 5.80. The van der Waals surface area contributed by atoms with Gasteiger partial charge in [0.2, 0.25) is 0 Å². The zero-order valence-electron chi connectivity index (χ0n) is 11.3. The van der Waals surface area contributed by atoms with Crippen molar-refractivity contribution < 1.29 is 5.11 Å². The molecule has 0 saturated heterocycles. The number of hydrogen-bond donors (Lipinski definition) is 1. The van der Waals surface area contributed by atoms with E-state index < -0.39 is 0 Å². The molecule has 1 aromatic carbocycles. The normalized spacial score (nSPS) is 10.5. The molecule has 0 aliphatic heterocycles. The fraction of sp³-hybridized carbons (Fsp3) is 0.188. The Bertz CT molecular complexity index is 582. The molecule has 0 saturated carbocycles. The minimum atomic E-state index is 0. The van der Waals surface area contributed by atoms with E-state index in [0.29, 0.717) is 5.75 Å². The lowest BCUT2D eigenvalue weighted by Gasteiger charge is -2.04. The monoisotopic (exact) mass is 367 g/mol. The Morgan fingerprint density at radius 3 is 2.11 bits per heavy atom. The first-order valence-electron chi connectivity index (χ1n) is 5.97. The largest absolute Gasteiger partial charge is 0.507 e. The first-order valence-corrected chi connectivity index (χ1v) is 5.97. The number of pyridine rings is 1. The Kier molecular flexibility index (Phi) is 5.54. The molecule has 0 fully saturated rings. The van der Waals surface area contributed by atoms with Gasteiger partial charge in [0, 0.05) is 11.9 Å². The van der Waals surface area contributed by atoms with E-state index in [2.05, 4.69) is 11.1 Å². The maximum Gasteiger partial charge on any atom is 0.121 e. The van der Waals surface area contributed by atoms with Crippen LogP contribution in [0.1, 0.15) is 27.9 Å². The van der Waals surface area contributed by atoms with Crippen LogP contribution in [0.3, 0.4) is 0 Å². The fourth-order valence-electron chi connectivity index (χ4n) is 1.95. The number of aromatic nitrogens is 1. The predicted octanol–water partition coefficient (Wildman–Crippen LogP) is 4.50. The molecule has 100 valence electrons. The number of aryl methyl sites for hydroxylation is 3. The molecule has 0 radical (unpaired) electrons. The van der Waals surface area contributed by atoms with Crippen LogP contribution >= 0.6 is 24.0 Å². The molecule has 1 heterocycles. The molecule has 0 aliphatic carbocycles. The lowest BCUT2D eigenvalue weighted by Crippen LogP contribution is -1.83. The van der Waals surface area contributed by atoms with E-state index in [1.807, 2.05) is 57.3 Å². The van der Waals surface area contributed by atoms with Gasteiger partial charge in [-0.1, -0.05) is 12.2 Å². The Labute approximate surface area is 131 Å². The molecule has 0 unspecified atom stereocenters. The Morgan fingerprint density at radius 1 is 0.947 bits per heavy atom. The van der Waals surface area contributed by atoms with Crippen molar-refractivity contribution in [3.8, 4) is 5.75 Å². The minimum Gasteiger partial charge on any atom is -0.507 e. The van der Waals surface area contributed by atoms with Crippen LogP contribution in [-0.2, 0) is 0 Å². The second-order valence-electron chi connectivity index (χ2n) is 4.57. The Balaban J connectivity index is 0.00000180. The molecule has 2 nitrogen and oxygen atoms in total. The number of phenolic OH excluding ortho intramolecular Hbond substituents is 1. The molecule has 0 atom stereocenters. The van der Waals surface area contributed by atoms with Crippen LogP contribution in [0.15, 0.2) is 30.5 Å². The summed E-state index contributed by atoms with van der Waals surface area (Å²) in [7, 11) is 0. The SMILES string of the molecule is Cc1cc(C=Cc2cc(C)c(O)c(C)c2)ccn1.I. The Hall–Kier alpha value is -1.36. The van der Waals surface area contributed by atoms with Gasteiger partial charge in [0.25, 0.3) is 0 Å². The van der Waals surface area contributed by atoms with E-state index in [9.17, 15) is 5.11 Å². The van der Waals surface area contributed by atoms with E-state index in [-0.39, 0.29) is 24.0 Å². The molecular formula is C16H18INO. The van der Waals surface area contributed by atoms with Crippen LogP contribution < -0.4 is 0 Å². The molecule has 1 aromatic heterocycles. The van der Waals surface area contributed by atoms with Crippen molar-refractivity contribution in [3.05, 3.63) is 58.4 Å². The average molecular weight is 367 g/mol. The number of benzene rings is 1. The van der Waals surface area contributed by atoms with Crippen molar-refractivity contribution in [1.82, 2.24) is 4.98 Å². The topological polar surface area (TPSA) is 33.1 Å². The molecular weight excluding hydrogens is 349 g/mol. The third-order valence-corrected chi connectivity index (χ3v) is 2.90. The van der Waals surface area contributed by atoms with E-state index in [4.69, 9.17) is 0 Å². The van der Waals surface area contributed by atoms with Gasteiger partial charge in [-0.25, -0.2) is 0 Å². The molecule has 2 aromatic rings.